The van der Waals surface area contributed by atoms with Crippen molar-refractivity contribution >= 4 is 17.7 Å². The predicted octanol–water partition coefficient (Wildman–Crippen LogP) is 5.08. The van der Waals surface area contributed by atoms with E-state index in [1.165, 1.54) is 5.56 Å². The summed E-state index contributed by atoms with van der Waals surface area (Å²) in [5, 5.41) is 2.95. The van der Waals surface area contributed by atoms with Gasteiger partial charge in [0.05, 0.1) is 0 Å². The molecule has 0 radical (unpaired) electrons. The van der Waals surface area contributed by atoms with Crippen molar-refractivity contribution in [3.05, 3.63) is 70.8 Å². The summed E-state index contributed by atoms with van der Waals surface area (Å²) in [6, 6.07) is 14.3. The van der Waals surface area contributed by atoms with Crippen molar-refractivity contribution in [3.63, 3.8) is 0 Å². The first kappa shape index (κ1) is 16.0. The lowest BCUT2D eigenvalue weighted by atomic mass is 10.0. The molecule has 0 fully saturated rings. The largest absolute Gasteiger partial charge is 0.322 e. The van der Waals surface area contributed by atoms with Crippen molar-refractivity contribution in [1.29, 1.82) is 0 Å². The first-order chi connectivity index (χ1) is 10.5. The lowest BCUT2D eigenvalue weighted by Gasteiger charge is -2.09. The second-order valence-electron chi connectivity index (χ2n) is 5.91. The minimum atomic E-state index is -0.106. The summed E-state index contributed by atoms with van der Waals surface area (Å²) in [7, 11) is 0. The summed E-state index contributed by atoms with van der Waals surface area (Å²) in [6.45, 7) is 8.33. The highest BCUT2D eigenvalue weighted by atomic mass is 16.1. The standard InChI is InChI=1S/C20H23NO/c1-14(2)18-11-8-17(9-12-18)10-13-19(22)21-20-15(3)6-5-7-16(20)4/h5-14H,1-4H3,(H,21,22)/b13-10-. The summed E-state index contributed by atoms with van der Waals surface area (Å²) < 4.78 is 0. The van der Waals surface area contributed by atoms with E-state index in [4.69, 9.17) is 0 Å². The highest BCUT2D eigenvalue weighted by molar-refractivity contribution is 6.02. The Bertz CT molecular complexity index is 661. The Balaban J connectivity index is 2.05. The van der Waals surface area contributed by atoms with Gasteiger partial charge in [-0.25, -0.2) is 0 Å². The number of carbonyl (C=O) groups excluding carboxylic acids is 1. The van der Waals surface area contributed by atoms with E-state index >= 15 is 0 Å². The molecule has 22 heavy (non-hydrogen) atoms. The number of carbonyl (C=O) groups is 1. The van der Waals surface area contributed by atoms with Crippen LogP contribution >= 0.6 is 0 Å². The van der Waals surface area contributed by atoms with Crippen LogP contribution in [0.25, 0.3) is 6.08 Å². The van der Waals surface area contributed by atoms with Crippen molar-refractivity contribution in [3.8, 4) is 0 Å². The smallest absolute Gasteiger partial charge is 0.248 e. The first-order valence-electron chi connectivity index (χ1n) is 7.62. The van der Waals surface area contributed by atoms with E-state index in [2.05, 4.69) is 31.3 Å². The van der Waals surface area contributed by atoms with E-state index in [9.17, 15) is 4.79 Å². The fourth-order valence-electron chi connectivity index (χ4n) is 2.34. The quantitative estimate of drug-likeness (QED) is 0.783. The van der Waals surface area contributed by atoms with Crippen molar-refractivity contribution in [2.45, 2.75) is 33.6 Å². The highest BCUT2D eigenvalue weighted by Crippen LogP contribution is 2.19. The number of nitrogens with one attached hydrogen (secondary N) is 1. The zero-order valence-electron chi connectivity index (χ0n) is 13.7. The first-order valence-corrected chi connectivity index (χ1v) is 7.62. The monoisotopic (exact) mass is 293 g/mol. The van der Waals surface area contributed by atoms with Gasteiger partial charge in [0.15, 0.2) is 0 Å². The van der Waals surface area contributed by atoms with E-state index in [0.29, 0.717) is 5.92 Å². The van der Waals surface area contributed by atoms with Gasteiger partial charge in [-0.1, -0.05) is 56.3 Å². The van der Waals surface area contributed by atoms with Gasteiger partial charge in [-0.15, -0.1) is 0 Å². The molecule has 114 valence electrons. The Kier molecular flexibility index (Phi) is 5.16. The number of aryl methyl sites for hydroxylation is 2. The van der Waals surface area contributed by atoms with Crippen LogP contribution in [0, 0.1) is 13.8 Å². The zero-order valence-corrected chi connectivity index (χ0v) is 13.7. The van der Waals surface area contributed by atoms with E-state index in [0.717, 1.165) is 22.4 Å². The molecule has 0 saturated carbocycles. The number of amides is 1. The number of hydrogen-bond donors (Lipinski definition) is 1. The molecule has 0 aliphatic heterocycles. The second kappa shape index (κ2) is 7.08. The van der Waals surface area contributed by atoms with Gasteiger partial charge in [-0.05, 0) is 48.1 Å². The molecule has 0 atom stereocenters. The molecule has 2 rings (SSSR count). The Morgan fingerprint density at radius 2 is 1.59 bits per heavy atom. The Labute approximate surface area is 132 Å². The predicted molar refractivity (Wildman–Crippen MR) is 94.1 cm³/mol. The zero-order chi connectivity index (χ0) is 16.1. The summed E-state index contributed by atoms with van der Waals surface area (Å²) in [5.41, 5.74) is 5.37. The van der Waals surface area contributed by atoms with E-state index in [-0.39, 0.29) is 5.91 Å². The molecule has 0 aromatic heterocycles. The van der Waals surface area contributed by atoms with Gasteiger partial charge in [-0.2, -0.15) is 0 Å². The molecular weight excluding hydrogens is 270 g/mol. The average molecular weight is 293 g/mol. The molecule has 2 aromatic rings. The lowest BCUT2D eigenvalue weighted by molar-refractivity contribution is -0.111. The minimum Gasteiger partial charge on any atom is -0.322 e. The van der Waals surface area contributed by atoms with E-state index < -0.39 is 0 Å². The van der Waals surface area contributed by atoms with Gasteiger partial charge in [0, 0.05) is 11.8 Å². The second-order valence-corrected chi connectivity index (χ2v) is 5.91. The van der Waals surface area contributed by atoms with Gasteiger partial charge in [0.1, 0.15) is 0 Å². The SMILES string of the molecule is Cc1cccc(C)c1NC(=O)/C=C\c1ccc(C(C)C)cc1. The lowest BCUT2D eigenvalue weighted by Crippen LogP contribution is -2.10. The molecular formula is C20H23NO. The van der Waals surface area contributed by atoms with Crippen LogP contribution < -0.4 is 5.32 Å². The van der Waals surface area contributed by atoms with Crippen LogP contribution in [0.5, 0.6) is 0 Å². The molecule has 0 aliphatic carbocycles. The molecule has 0 saturated heterocycles. The van der Waals surface area contributed by atoms with Crippen LogP contribution in [0.1, 0.15) is 42.0 Å². The normalized spacial score (nSPS) is 11.1. The van der Waals surface area contributed by atoms with Crippen molar-refractivity contribution in [2.24, 2.45) is 0 Å². The molecule has 1 amide bonds. The number of hydrogen-bond acceptors (Lipinski definition) is 1. The Morgan fingerprint density at radius 3 is 2.14 bits per heavy atom. The summed E-state index contributed by atoms with van der Waals surface area (Å²) >= 11 is 0. The molecule has 0 aliphatic rings. The average Bonchev–Trinajstić information content (AvgIpc) is 2.49. The fourth-order valence-corrected chi connectivity index (χ4v) is 2.34. The third-order valence-corrected chi connectivity index (χ3v) is 3.76. The number of anilines is 1. The maximum atomic E-state index is 12.1. The number of rotatable bonds is 4. The summed E-state index contributed by atoms with van der Waals surface area (Å²) in [4.78, 5) is 12.1. The highest BCUT2D eigenvalue weighted by Gasteiger charge is 2.04. The fraction of sp³-hybridized carbons (Fsp3) is 0.250. The van der Waals surface area contributed by atoms with Gasteiger partial charge in [0.2, 0.25) is 5.91 Å². The molecule has 2 heteroatoms. The van der Waals surface area contributed by atoms with Crippen LogP contribution in [0.4, 0.5) is 5.69 Å². The van der Waals surface area contributed by atoms with Crippen molar-refractivity contribution in [2.75, 3.05) is 5.32 Å². The van der Waals surface area contributed by atoms with Gasteiger partial charge < -0.3 is 5.32 Å². The third-order valence-electron chi connectivity index (χ3n) is 3.76. The van der Waals surface area contributed by atoms with E-state index in [1.54, 1.807) is 6.08 Å². The molecule has 2 aromatic carbocycles. The van der Waals surface area contributed by atoms with E-state index in [1.807, 2.05) is 50.3 Å². The maximum absolute atomic E-state index is 12.1. The summed E-state index contributed by atoms with van der Waals surface area (Å²) in [6.07, 6.45) is 3.42. The molecule has 0 heterocycles. The maximum Gasteiger partial charge on any atom is 0.248 e. The van der Waals surface area contributed by atoms with Crippen molar-refractivity contribution < 1.29 is 4.79 Å². The minimum absolute atomic E-state index is 0.106. The molecule has 0 unspecified atom stereocenters. The number of para-hydroxylation sites is 1. The van der Waals surface area contributed by atoms with Gasteiger partial charge in [-0.3, -0.25) is 4.79 Å². The third kappa shape index (κ3) is 4.08. The van der Waals surface area contributed by atoms with Gasteiger partial charge >= 0.3 is 0 Å². The molecule has 1 N–H and O–H groups in total. The topological polar surface area (TPSA) is 29.1 Å². The van der Waals surface area contributed by atoms with Crippen LogP contribution in [0.3, 0.4) is 0 Å². The summed E-state index contributed by atoms with van der Waals surface area (Å²) in [5.74, 6) is 0.413. The molecule has 0 bridgehead atoms. The number of benzene rings is 2. The van der Waals surface area contributed by atoms with Crippen LogP contribution in [-0.2, 0) is 4.79 Å². The van der Waals surface area contributed by atoms with Crippen LogP contribution in [0.2, 0.25) is 0 Å². The van der Waals surface area contributed by atoms with Crippen LogP contribution in [-0.4, -0.2) is 5.91 Å². The molecule has 2 nitrogen and oxygen atoms in total. The Hall–Kier alpha value is -2.35. The van der Waals surface area contributed by atoms with Gasteiger partial charge in [0.25, 0.3) is 0 Å². The van der Waals surface area contributed by atoms with Crippen LogP contribution in [0.15, 0.2) is 48.5 Å². The Morgan fingerprint density at radius 1 is 1.00 bits per heavy atom. The molecule has 0 spiro atoms. The van der Waals surface area contributed by atoms with Crippen molar-refractivity contribution in [1.82, 2.24) is 0 Å².